The van der Waals surface area contributed by atoms with Crippen molar-refractivity contribution in [2.24, 2.45) is 11.8 Å². The zero-order chi connectivity index (χ0) is 25.7. The molecule has 2 aromatic carbocycles. The average molecular weight is 488 g/mol. The molecule has 1 aromatic heterocycles. The van der Waals surface area contributed by atoms with Gasteiger partial charge in [0.15, 0.2) is 5.82 Å². The summed E-state index contributed by atoms with van der Waals surface area (Å²) in [6.07, 6.45) is 1.50. The van der Waals surface area contributed by atoms with Gasteiger partial charge in [0, 0.05) is 31.5 Å². The van der Waals surface area contributed by atoms with Crippen molar-refractivity contribution in [3.63, 3.8) is 0 Å². The average Bonchev–Trinajstić information content (AvgIpc) is 3.23. The van der Waals surface area contributed by atoms with Crippen molar-refractivity contribution in [3.8, 4) is 5.69 Å². The third kappa shape index (κ3) is 5.78. The highest BCUT2D eigenvalue weighted by Crippen LogP contribution is 2.35. The molecule has 7 heteroatoms. The van der Waals surface area contributed by atoms with Gasteiger partial charge in [-0.1, -0.05) is 69.3 Å². The number of amides is 2. The van der Waals surface area contributed by atoms with Crippen LogP contribution < -0.4 is 15.5 Å². The van der Waals surface area contributed by atoms with Crippen molar-refractivity contribution >= 4 is 23.3 Å². The van der Waals surface area contributed by atoms with Crippen LogP contribution in [0.3, 0.4) is 0 Å². The summed E-state index contributed by atoms with van der Waals surface area (Å²) in [5, 5.41) is 11.1. The quantitative estimate of drug-likeness (QED) is 0.473. The fraction of sp³-hybridized carbons (Fsp3) is 0.414. The van der Waals surface area contributed by atoms with Crippen LogP contribution in [0.2, 0.25) is 0 Å². The summed E-state index contributed by atoms with van der Waals surface area (Å²) in [7, 11) is 0. The smallest absolute Gasteiger partial charge is 0.227 e. The second-order valence-electron chi connectivity index (χ2n) is 9.99. The molecule has 2 heterocycles. The monoisotopic (exact) mass is 487 g/mol. The lowest BCUT2D eigenvalue weighted by Crippen LogP contribution is -2.42. The van der Waals surface area contributed by atoms with Gasteiger partial charge in [-0.25, -0.2) is 4.68 Å². The normalized spacial score (nSPS) is 15.1. The van der Waals surface area contributed by atoms with Crippen LogP contribution in [0.15, 0.2) is 60.7 Å². The van der Waals surface area contributed by atoms with E-state index >= 15 is 0 Å². The van der Waals surface area contributed by atoms with Crippen molar-refractivity contribution in [1.82, 2.24) is 15.1 Å². The molecular formula is C29H37N5O2. The second-order valence-corrected chi connectivity index (χ2v) is 9.99. The molecule has 2 amide bonds. The molecule has 1 atom stereocenters. The van der Waals surface area contributed by atoms with E-state index in [0.29, 0.717) is 6.54 Å². The molecule has 7 nitrogen and oxygen atoms in total. The van der Waals surface area contributed by atoms with Gasteiger partial charge in [-0.3, -0.25) is 9.59 Å². The number of hydrogen-bond donors (Lipinski definition) is 2. The van der Waals surface area contributed by atoms with Crippen LogP contribution in [0.1, 0.15) is 50.8 Å². The maximum atomic E-state index is 13.0. The SMILES string of the molecule is Cc1nn(-c2ccccc2)c(N2CCC(C(=O)NC[C@@H](C)c3ccccc3)CC2)c1NC(=O)C(C)C. The molecule has 0 spiro atoms. The summed E-state index contributed by atoms with van der Waals surface area (Å²) in [6.45, 7) is 9.90. The van der Waals surface area contributed by atoms with Gasteiger partial charge in [-0.05, 0) is 43.4 Å². The molecule has 1 aliphatic rings. The van der Waals surface area contributed by atoms with Crippen molar-refractivity contribution < 1.29 is 9.59 Å². The van der Waals surface area contributed by atoms with Crippen molar-refractivity contribution in [1.29, 1.82) is 0 Å². The number of para-hydroxylation sites is 1. The van der Waals surface area contributed by atoms with E-state index in [1.807, 2.05) is 74.0 Å². The highest BCUT2D eigenvalue weighted by Gasteiger charge is 2.30. The number of anilines is 2. The molecule has 0 saturated carbocycles. The van der Waals surface area contributed by atoms with Crippen LogP contribution in [0.25, 0.3) is 5.69 Å². The molecule has 4 rings (SSSR count). The van der Waals surface area contributed by atoms with E-state index in [9.17, 15) is 9.59 Å². The van der Waals surface area contributed by atoms with E-state index in [2.05, 4.69) is 34.6 Å². The first-order chi connectivity index (χ1) is 17.3. The molecule has 0 radical (unpaired) electrons. The molecule has 190 valence electrons. The van der Waals surface area contributed by atoms with E-state index in [4.69, 9.17) is 5.10 Å². The molecule has 1 saturated heterocycles. The summed E-state index contributed by atoms with van der Waals surface area (Å²) in [6, 6.07) is 20.2. The van der Waals surface area contributed by atoms with Gasteiger partial charge < -0.3 is 15.5 Å². The van der Waals surface area contributed by atoms with E-state index in [-0.39, 0.29) is 29.6 Å². The van der Waals surface area contributed by atoms with Gasteiger partial charge in [0.05, 0.1) is 11.4 Å². The molecule has 0 bridgehead atoms. The Morgan fingerprint density at radius 1 is 0.972 bits per heavy atom. The third-order valence-corrected chi connectivity index (χ3v) is 6.93. The van der Waals surface area contributed by atoms with Crippen LogP contribution in [-0.4, -0.2) is 41.2 Å². The summed E-state index contributed by atoms with van der Waals surface area (Å²) >= 11 is 0. The summed E-state index contributed by atoms with van der Waals surface area (Å²) in [5.74, 6) is 1.08. The summed E-state index contributed by atoms with van der Waals surface area (Å²) in [4.78, 5) is 27.8. The van der Waals surface area contributed by atoms with Gasteiger partial charge in [-0.2, -0.15) is 5.10 Å². The number of carbonyl (C=O) groups is 2. The summed E-state index contributed by atoms with van der Waals surface area (Å²) < 4.78 is 1.91. The Balaban J connectivity index is 1.46. The summed E-state index contributed by atoms with van der Waals surface area (Å²) in [5.41, 5.74) is 3.69. The number of nitrogens with one attached hydrogen (secondary N) is 2. The van der Waals surface area contributed by atoms with Crippen LogP contribution in [0.4, 0.5) is 11.5 Å². The first-order valence-corrected chi connectivity index (χ1v) is 12.9. The molecule has 0 aliphatic carbocycles. The minimum atomic E-state index is -0.134. The minimum absolute atomic E-state index is 0.0212. The Morgan fingerprint density at radius 2 is 1.58 bits per heavy atom. The third-order valence-electron chi connectivity index (χ3n) is 6.93. The lowest BCUT2D eigenvalue weighted by molar-refractivity contribution is -0.125. The molecule has 1 fully saturated rings. The molecule has 3 aromatic rings. The van der Waals surface area contributed by atoms with Crippen LogP contribution >= 0.6 is 0 Å². The number of hydrogen-bond acceptors (Lipinski definition) is 4. The van der Waals surface area contributed by atoms with E-state index in [0.717, 1.165) is 48.8 Å². The van der Waals surface area contributed by atoms with Gasteiger partial charge in [-0.15, -0.1) is 0 Å². The topological polar surface area (TPSA) is 79.3 Å². The molecule has 1 aliphatic heterocycles. The van der Waals surface area contributed by atoms with E-state index in [1.165, 1.54) is 5.56 Å². The number of benzene rings is 2. The zero-order valence-electron chi connectivity index (χ0n) is 21.7. The van der Waals surface area contributed by atoms with E-state index < -0.39 is 0 Å². The first kappa shape index (κ1) is 25.5. The Labute approximate surface area is 213 Å². The van der Waals surface area contributed by atoms with Gasteiger partial charge >= 0.3 is 0 Å². The van der Waals surface area contributed by atoms with Crippen LogP contribution in [0, 0.1) is 18.8 Å². The number of aromatic nitrogens is 2. The second kappa shape index (κ2) is 11.4. The molecule has 36 heavy (non-hydrogen) atoms. The number of nitrogens with zero attached hydrogens (tertiary/aromatic N) is 3. The minimum Gasteiger partial charge on any atom is -0.355 e. The predicted octanol–water partition coefficient (Wildman–Crippen LogP) is 4.91. The Kier molecular flexibility index (Phi) is 8.08. The van der Waals surface area contributed by atoms with Gasteiger partial charge in [0.2, 0.25) is 11.8 Å². The maximum Gasteiger partial charge on any atom is 0.227 e. The Hall–Kier alpha value is -3.61. The lowest BCUT2D eigenvalue weighted by atomic mass is 9.95. The van der Waals surface area contributed by atoms with Crippen LogP contribution in [-0.2, 0) is 9.59 Å². The fourth-order valence-corrected chi connectivity index (χ4v) is 4.62. The predicted molar refractivity (Wildman–Crippen MR) is 145 cm³/mol. The fourth-order valence-electron chi connectivity index (χ4n) is 4.62. The largest absolute Gasteiger partial charge is 0.355 e. The van der Waals surface area contributed by atoms with Crippen molar-refractivity contribution in [2.75, 3.05) is 29.9 Å². The molecule has 0 unspecified atom stereocenters. The van der Waals surface area contributed by atoms with Crippen LogP contribution in [0.5, 0.6) is 0 Å². The van der Waals surface area contributed by atoms with Crippen molar-refractivity contribution in [2.45, 2.75) is 46.5 Å². The lowest BCUT2D eigenvalue weighted by Gasteiger charge is -2.34. The number of piperidine rings is 1. The highest BCUT2D eigenvalue weighted by molar-refractivity contribution is 5.96. The number of aryl methyl sites for hydroxylation is 1. The van der Waals surface area contributed by atoms with E-state index in [1.54, 1.807) is 0 Å². The maximum absolute atomic E-state index is 13.0. The number of carbonyl (C=O) groups excluding carboxylic acids is 2. The first-order valence-electron chi connectivity index (χ1n) is 12.9. The van der Waals surface area contributed by atoms with Crippen molar-refractivity contribution in [3.05, 3.63) is 71.9 Å². The zero-order valence-corrected chi connectivity index (χ0v) is 21.7. The standard InChI is InChI=1S/C29H37N5O2/c1-20(2)27(35)31-26-22(4)32-34(25-13-9-6-10-14-25)29(26)33-17-15-24(16-18-33)28(36)30-19-21(3)23-11-7-5-8-12-23/h5-14,20-21,24H,15-19H2,1-4H3,(H,30,36)(H,31,35)/t21-/m1/s1. The Morgan fingerprint density at radius 3 is 2.19 bits per heavy atom. The highest BCUT2D eigenvalue weighted by atomic mass is 16.2. The van der Waals surface area contributed by atoms with Gasteiger partial charge in [0.1, 0.15) is 5.69 Å². The molecule has 2 N–H and O–H groups in total. The molecular weight excluding hydrogens is 450 g/mol. The van der Waals surface area contributed by atoms with Gasteiger partial charge in [0.25, 0.3) is 0 Å². The Bertz CT molecular complexity index is 1170. The number of rotatable bonds is 8.